The van der Waals surface area contributed by atoms with Crippen molar-refractivity contribution in [2.45, 2.75) is 58.5 Å². The van der Waals surface area contributed by atoms with E-state index < -0.39 is 5.92 Å². The van der Waals surface area contributed by atoms with Crippen molar-refractivity contribution in [3.63, 3.8) is 0 Å². The number of benzene rings is 2. The predicted molar refractivity (Wildman–Crippen MR) is 160 cm³/mol. The molecule has 0 spiro atoms. The number of para-hydroxylation sites is 2. The van der Waals surface area contributed by atoms with Gasteiger partial charge in [-0.1, -0.05) is 86.9 Å². The molecule has 2 heterocycles. The predicted octanol–water partition coefficient (Wildman–Crippen LogP) is 6.10. The van der Waals surface area contributed by atoms with E-state index in [4.69, 9.17) is 4.74 Å². The summed E-state index contributed by atoms with van der Waals surface area (Å²) < 4.78 is 9.57. The third-order valence-electron chi connectivity index (χ3n) is 7.70. The van der Waals surface area contributed by atoms with Gasteiger partial charge in [0.05, 0.1) is 17.5 Å². The maximum atomic E-state index is 14.1. The summed E-state index contributed by atoms with van der Waals surface area (Å²) in [4.78, 5) is 28.2. The Morgan fingerprint density at radius 2 is 1.27 bits per heavy atom. The Kier molecular flexibility index (Phi) is 8.51. The Labute approximate surface area is 234 Å². The van der Waals surface area contributed by atoms with Crippen LogP contribution in [0.2, 0.25) is 0 Å². The number of allylic oxidation sites excluding steroid dienone is 2. The van der Waals surface area contributed by atoms with Gasteiger partial charge in [0.25, 0.3) is 11.1 Å². The van der Waals surface area contributed by atoms with Crippen LogP contribution in [-0.4, -0.2) is 32.3 Å². The molecule has 2 atom stereocenters. The van der Waals surface area contributed by atoms with E-state index in [9.17, 15) is 9.59 Å². The Balaban J connectivity index is 1.64. The average molecular weight is 539 g/mol. The lowest BCUT2D eigenvalue weighted by atomic mass is 9.76. The fourth-order valence-electron chi connectivity index (χ4n) is 5.72. The molecule has 0 aliphatic heterocycles. The van der Waals surface area contributed by atoms with Gasteiger partial charge in [-0.05, 0) is 44.5 Å². The molecule has 0 radical (unpaired) electrons. The molecule has 1 aliphatic carbocycles. The molecule has 0 unspecified atom stereocenters. The molecule has 208 valence electrons. The first-order valence-electron chi connectivity index (χ1n) is 14.2. The number of hydrogen-bond acceptors (Lipinski definition) is 3. The van der Waals surface area contributed by atoms with Gasteiger partial charge in [-0.2, -0.15) is 0 Å². The number of aromatic amines is 2. The molecule has 0 bridgehead atoms. The minimum atomic E-state index is -0.524. The van der Waals surface area contributed by atoms with Crippen LogP contribution in [0.4, 0.5) is 0 Å². The summed E-state index contributed by atoms with van der Waals surface area (Å²) in [5.74, 6) is -0.765. The van der Waals surface area contributed by atoms with E-state index in [0.29, 0.717) is 17.7 Å². The molecule has 4 aromatic rings. The van der Waals surface area contributed by atoms with Crippen LogP contribution in [0.5, 0.6) is 0 Å². The van der Waals surface area contributed by atoms with Crippen molar-refractivity contribution >= 4 is 0 Å². The van der Waals surface area contributed by atoms with Gasteiger partial charge in [0.2, 0.25) is 0 Å². The van der Waals surface area contributed by atoms with Crippen LogP contribution in [0, 0.1) is 19.8 Å². The standard InChI is InChI=1S/C33H38N4O3/c1-4-5-6-15-22-40-28-21-14-13-20-27(28)31(29-23(2)34-36(32(29)38)25-16-9-7-10-17-25)30-24(3)35-37(33(30)39)26-18-11-8-12-19-26/h7-14,16-21,27-28,31,34-35H,4-6,15,22H2,1-3H3/t27-,28-/m0/s1. The molecule has 1 aliphatic rings. The second kappa shape index (κ2) is 12.4. The third-order valence-corrected chi connectivity index (χ3v) is 7.70. The number of aromatic nitrogens is 4. The van der Waals surface area contributed by atoms with Gasteiger partial charge in [-0.25, -0.2) is 9.36 Å². The van der Waals surface area contributed by atoms with Crippen LogP contribution in [-0.2, 0) is 4.74 Å². The summed E-state index contributed by atoms with van der Waals surface area (Å²) in [6.07, 6.45) is 12.3. The largest absolute Gasteiger partial charge is 0.373 e. The number of aryl methyl sites for hydroxylation is 2. The van der Waals surface area contributed by atoms with Crippen LogP contribution in [0.3, 0.4) is 0 Å². The topological polar surface area (TPSA) is 84.8 Å². The Bertz CT molecular complexity index is 1490. The van der Waals surface area contributed by atoms with Gasteiger partial charge in [-0.3, -0.25) is 19.8 Å². The zero-order valence-electron chi connectivity index (χ0n) is 23.5. The summed E-state index contributed by atoms with van der Waals surface area (Å²) >= 11 is 0. The second-order valence-corrected chi connectivity index (χ2v) is 10.5. The molecule has 2 aromatic carbocycles. The maximum absolute atomic E-state index is 14.1. The van der Waals surface area contributed by atoms with Crippen molar-refractivity contribution in [1.82, 2.24) is 19.6 Å². The lowest BCUT2D eigenvalue weighted by molar-refractivity contribution is 0.0498. The summed E-state index contributed by atoms with van der Waals surface area (Å²) in [5, 5.41) is 6.56. The fraction of sp³-hybridized carbons (Fsp3) is 0.333. The van der Waals surface area contributed by atoms with Crippen LogP contribution in [0.15, 0.2) is 94.6 Å². The first-order chi connectivity index (χ1) is 19.5. The zero-order chi connectivity index (χ0) is 28.1. The molecule has 0 amide bonds. The minimum absolute atomic E-state index is 0.162. The number of nitrogens with one attached hydrogen (secondary N) is 2. The highest BCUT2D eigenvalue weighted by Gasteiger charge is 2.38. The highest BCUT2D eigenvalue weighted by molar-refractivity contribution is 5.43. The first kappa shape index (κ1) is 27.5. The van der Waals surface area contributed by atoms with E-state index in [-0.39, 0.29) is 23.1 Å². The molecule has 7 nitrogen and oxygen atoms in total. The number of ether oxygens (including phenoxy) is 1. The Morgan fingerprint density at radius 3 is 1.80 bits per heavy atom. The first-order valence-corrected chi connectivity index (χ1v) is 14.2. The zero-order valence-corrected chi connectivity index (χ0v) is 23.5. The van der Waals surface area contributed by atoms with E-state index in [1.54, 1.807) is 9.36 Å². The van der Waals surface area contributed by atoms with Crippen molar-refractivity contribution in [1.29, 1.82) is 0 Å². The molecule has 0 fully saturated rings. The molecule has 5 rings (SSSR count). The van der Waals surface area contributed by atoms with Crippen molar-refractivity contribution in [2.75, 3.05) is 6.61 Å². The second-order valence-electron chi connectivity index (χ2n) is 10.5. The molecule has 0 saturated heterocycles. The van der Waals surface area contributed by atoms with E-state index in [1.165, 1.54) is 6.42 Å². The highest BCUT2D eigenvalue weighted by atomic mass is 16.5. The third kappa shape index (κ3) is 5.47. The van der Waals surface area contributed by atoms with E-state index in [1.807, 2.05) is 92.7 Å². The van der Waals surface area contributed by atoms with Crippen molar-refractivity contribution in [3.05, 3.63) is 128 Å². The van der Waals surface area contributed by atoms with E-state index in [0.717, 1.165) is 42.0 Å². The Hall–Kier alpha value is -4.10. The molecular formula is C33H38N4O3. The number of rotatable bonds is 11. The quantitative estimate of drug-likeness (QED) is 0.226. The SMILES string of the molecule is CCCCCCO[C@H]1C=CC=C[C@@H]1C(c1c(C)[nH]n(-c2ccccc2)c1=O)c1c(C)[nH]n(-c2ccccc2)c1=O. The normalized spacial score (nSPS) is 16.7. The molecule has 2 N–H and O–H groups in total. The minimum Gasteiger partial charge on any atom is -0.373 e. The van der Waals surface area contributed by atoms with Gasteiger partial charge in [-0.15, -0.1) is 0 Å². The molecule has 40 heavy (non-hydrogen) atoms. The lowest BCUT2D eigenvalue weighted by Gasteiger charge is -2.31. The average Bonchev–Trinajstić information content (AvgIpc) is 3.44. The van der Waals surface area contributed by atoms with Gasteiger partial charge in [0, 0.05) is 41.0 Å². The van der Waals surface area contributed by atoms with E-state index >= 15 is 0 Å². The van der Waals surface area contributed by atoms with Gasteiger partial charge in [0.1, 0.15) is 0 Å². The molecule has 0 saturated carbocycles. The molecule has 7 heteroatoms. The molecular weight excluding hydrogens is 500 g/mol. The monoisotopic (exact) mass is 538 g/mol. The van der Waals surface area contributed by atoms with Crippen molar-refractivity contribution in [3.8, 4) is 11.4 Å². The summed E-state index contributed by atoms with van der Waals surface area (Å²) in [6.45, 7) is 6.64. The maximum Gasteiger partial charge on any atom is 0.275 e. The molecule has 2 aromatic heterocycles. The summed E-state index contributed by atoms with van der Waals surface area (Å²) in [7, 11) is 0. The number of nitrogens with zero attached hydrogens (tertiary/aromatic N) is 2. The summed E-state index contributed by atoms with van der Waals surface area (Å²) in [5.41, 5.74) is 3.78. The highest BCUT2D eigenvalue weighted by Crippen LogP contribution is 2.38. The van der Waals surface area contributed by atoms with E-state index in [2.05, 4.69) is 23.2 Å². The van der Waals surface area contributed by atoms with Gasteiger partial charge < -0.3 is 4.74 Å². The van der Waals surface area contributed by atoms with Crippen LogP contribution in [0.1, 0.15) is 61.0 Å². The summed E-state index contributed by atoms with van der Waals surface area (Å²) in [6, 6.07) is 19.0. The van der Waals surface area contributed by atoms with Crippen LogP contribution >= 0.6 is 0 Å². The van der Waals surface area contributed by atoms with Gasteiger partial charge in [0.15, 0.2) is 0 Å². The lowest BCUT2D eigenvalue weighted by Crippen LogP contribution is -2.34. The van der Waals surface area contributed by atoms with Crippen LogP contribution < -0.4 is 11.1 Å². The van der Waals surface area contributed by atoms with Crippen LogP contribution in [0.25, 0.3) is 11.4 Å². The fourth-order valence-corrected chi connectivity index (χ4v) is 5.72. The van der Waals surface area contributed by atoms with Crippen molar-refractivity contribution in [2.24, 2.45) is 5.92 Å². The number of hydrogen-bond donors (Lipinski definition) is 2. The van der Waals surface area contributed by atoms with Gasteiger partial charge >= 0.3 is 0 Å². The van der Waals surface area contributed by atoms with Crippen molar-refractivity contribution < 1.29 is 4.74 Å². The smallest absolute Gasteiger partial charge is 0.275 e. The number of unbranched alkanes of at least 4 members (excludes halogenated alkanes) is 3. The Morgan fingerprint density at radius 1 is 0.750 bits per heavy atom. The number of H-pyrrole nitrogens is 2.